The lowest BCUT2D eigenvalue weighted by molar-refractivity contribution is -0.277. The van der Waals surface area contributed by atoms with Gasteiger partial charge in [-0.15, -0.1) is 0 Å². The van der Waals surface area contributed by atoms with Crippen LogP contribution in [0.3, 0.4) is 0 Å². The van der Waals surface area contributed by atoms with Crippen molar-refractivity contribution in [3.05, 3.63) is 0 Å². The summed E-state index contributed by atoms with van der Waals surface area (Å²) in [5.41, 5.74) is 0. The van der Waals surface area contributed by atoms with Crippen LogP contribution in [0.2, 0.25) is 0 Å². The molecular formula is C24H40N2O12. The maximum atomic E-state index is 12.2. The smallest absolute Gasteiger partial charge is 0.303 e. The van der Waals surface area contributed by atoms with Crippen LogP contribution in [0.1, 0.15) is 53.4 Å². The second-order valence-electron chi connectivity index (χ2n) is 8.73. The number of nitrogens with one attached hydrogen (secondary N) is 1. The van der Waals surface area contributed by atoms with Crippen molar-refractivity contribution in [2.75, 3.05) is 39.5 Å². The Hall–Kier alpha value is -2.81. The van der Waals surface area contributed by atoms with Gasteiger partial charge in [0.05, 0.1) is 13.2 Å². The van der Waals surface area contributed by atoms with E-state index in [1.807, 2.05) is 0 Å². The molecule has 1 aliphatic heterocycles. The number of hydrogen-bond acceptors (Lipinski definition) is 12. The number of unbranched alkanes of at least 4 members (excludes halogenated alkanes) is 2. The number of aliphatic hydroxyl groups excluding tert-OH is 2. The summed E-state index contributed by atoms with van der Waals surface area (Å²) in [5, 5.41) is 20.7. The van der Waals surface area contributed by atoms with E-state index < -0.39 is 54.5 Å². The third-order valence-corrected chi connectivity index (χ3v) is 5.48. The number of ether oxygens (including phenoxy) is 5. The van der Waals surface area contributed by atoms with Crippen molar-refractivity contribution >= 4 is 29.7 Å². The van der Waals surface area contributed by atoms with Gasteiger partial charge in [0.15, 0.2) is 18.5 Å². The number of rotatable bonds is 16. The number of nitrogens with zero attached hydrogens (tertiary/aromatic N) is 1. The summed E-state index contributed by atoms with van der Waals surface area (Å²) in [4.78, 5) is 60.6. The van der Waals surface area contributed by atoms with E-state index in [1.54, 1.807) is 0 Å². The average Bonchev–Trinajstić information content (AvgIpc) is 2.82. The van der Waals surface area contributed by atoms with Gasteiger partial charge in [-0.1, -0.05) is 6.42 Å². The lowest BCUT2D eigenvalue weighted by Gasteiger charge is -2.44. The van der Waals surface area contributed by atoms with Crippen molar-refractivity contribution < 1.29 is 57.9 Å². The average molecular weight is 549 g/mol. The molecule has 14 heteroatoms. The second-order valence-corrected chi connectivity index (χ2v) is 8.73. The van der Waals surface area contributed by atoms with Crippen LogP contribution in [-0.4, -0.2) is 115 Å². The van der Waals surface area contributed by atoms with Gasteiger partial charge < -0.3 is 44.1 Å². The van der Waals surface area contributed by atoms with Gasteiger partial charge in [0, 0.05) is 53.8 Å². The Bertz CT molecular complexity index is 786. The van der Waals surface area contributed by atoms with E-state index in [1.165, 1.54) is 18.7 Å². The number of carbonyl (C=O) groups is 5. The molecule has 0 radical (unpaired) electrons. The first-order valence-electron chi connectivity index (χ1n) is 12.5. The Morgan fingerprint density at radius 1 is 0.842 bits per heavy atom. The van der Waals surface area contributed by atoms with Crippen LogP contribution < -0.4 is 5.32 Å². The van der Waals surface area contributed by atoms with Gasteiger partial charge in [0.25, 0.3) is 0 Å². The van der Waals surface area contributed by atoms with Crippen molar-refractivity contribution in [2.24, 2.45) is 0 Å². The van der Waals surface area contributed by atoms with E-state index in [0.29, 0.717) is 19.3 Å². The van der Waals surface area contributed by atoms with Crippen LogP contribution in [0.25, 0.3) is 0 Å². The molecule has 1 aliphatic rings. The number of carbonyl (C=O) groups excluding carboxylic acids is 5. The Balaban J connectivity index is 2.88. The number of amides is 2. The van der Waals surface area contributed by atoms with Crippen molar-refractivity contribution in [3.63, 3.8) is 0 Å². The molecule has 1 rings (SSSR count). The Kier molecular flexibility index (Phi) is 15.4. The minimum absolute atomic E-state index is 0.150. The highest BCUT2D eigenvalue weighted by Gasteiger charge is 2.51. The predicted molar refractivity (Wildman–Crippen MR) is 129 cm³/mol. The van der Waals surface area contributed by atoms with Gasteiger partial charge in [-0.2, -0.15) is 0 Å². The Labute approximate surface area is 221 Å². The first kappa shape index (κ1) is 33.2. The highest BCUT2D eigenvalue weighted by molar-refractivity contribution is 5.76. The maximum Gasteiger partial charge on any atom is 0.303 e. The molecule has 1 fully saturated rings. The lowest BCUT2D eigenvalue weighted by Crippen LogP contribution is -2.66. The molecular weight excluding hydrogens is 508 g/mol. The minimum Gasteiger partial charge on any atom is -0.463 e. The molecule has 2 unspecified atom stereocenters. The second kappa shape index (κ2) is 17.7. The SMILES string of the molecule is CC(=O)N[C@H]1C(OC(C)=O)[C@@H](OC(C)=O)C(COC(C)=O)O[C@H]1OCCCCCC(=O)N(CCO)CCO. The van der Waals surface area contributed by atoms with Gasteiger partial charge in [-0.05, 0) is 12.8 Å². The zero-order chi connectivity index (χ0) is 28.7. The molecule has 0 aromatic carbocycles. The van der Waals surface area contributed by atoms with Crippen molar-refractivity contribution in [1.29, 1.82) is 0 Å². The highest BCUT2D eigenvalue weighted by atomic mass is 16.7. The molecule has 0 aliphatic carbocycles. The van der Waals surface area contributed by atoms with E-state index in [2.05, 4.69) is 5.32 Å². The molecule has 1 heterocycles. The normalized spacial score (nSPS) is 22.7. The van der Waals surface area contributed by atoms with Crippen LogP contribution in [0, 0.1) is 0 Å². The van der Waals surface area contributed by atoms with Gasteiger partial charge in [-0.25, -0.2) is 0 Å². The molecule has 0 saturated carbocycles. The third-order valence-electron chi connectivity index (χ3n) is 5.48. The summed E-state index contributed by atoms with van der Waals surface area (Å²) in [5.74, 6) is -2.65. The summed E-state index contributed by atoms with van der Waals surface area (Å²) in [7, 11) is 0. The van der Waals surface area contributed by atoms with Crippen LogP contribution in [-0.2, 0) is 47.7 Å². The fourth-order valence-corrected chi connectivity index (χ4v) is 3.95. The van der Waals surface area contributed by atoms with Crippen LogP contribution >= 0.6 is 0 Å². The van der Waals surface area contributed by atoms with E-state index >= 15 is 0 Å². The summed E-state index contributed by atoms with van der Waals surface area (Å²) in [6, 6.07) is -1.04. The highest BCUT2D eigenvalue weighted by Crippen LogP contribution is 2.28. The van der Waals surface area contributed by atoms with Gasteiger partial charge >= 0.3 is 17.9 Å². The summed E-state index contributed by atoms with van der Waals surface area (Å²) in [6.45, 7) is 4.50. The van der Waals surface area contributed by atoms with Crippen molar-refractivity contribution in [3.8, 4) is 0 Å². The summed E-state index contributed by atoms with van der Waals surface area (Å²) in [6.07, 6.45) is -2.69. The zero-order valence-electron chi connectivity index (χ0n) is 22.4. The zero-order valence-corrected chi connectivity index (χ0v) is 22.4. The first-order chi connectivity index (χ1) is 18.0. The largest absolute Gasteiger partial charge is 0.463 e. The quantitative estimate of drug-likeness (QED) is 0.122. The monoisotopic (exact) mass is 548 g/mol. The molecule has 218 valence electrons. The van der Waals surface area contributed by atoms with Crippen LogP contribution in [0.4, 0.5) is 0 Å². The first-order valence-corrected chi connectivity index (χ1v) is 12.5. The number of esters is 3. The molecule has 38 heavy (non-hydrogen) atoms. The van der Waals surface area contributed by atoms with Crippen molar-refractivity contribution in [1.82, 2.24) is 10.2 Å². The minimum atomic E-state index is -1.20. The van der Waals surface area contributed by atoms with E-state index in [0.717, 1.165) is 13.8 Å². The Morgan fingerprint density at radius 3 is 1.97 bits per heavy atom. The number of aliphatic hydroxyl groups is 2. The van der Waals surface area contributed by atoms with E-state index in [9.17, 15) is 24.0 Å². The maximum absolute atomic E-state index is 12.2. The fourth-order valence-electron chi connectivity index (χ4n) is 3.95. The topological polar surface area (TPSA) is 187 Å². The molecule has 3 N–H and O–H groups in total. The molecule has 14 nitrogen and oxygen atoms in total. The van der Waals surface area contributed by atoms with E-state index in [4.69, 9.17) is 33.9 Å². The van der Waals surface area contributed by atoms with Crippen LogP contribution in [0.5, 0.6) is 0 Å². The van der Waals surface area contributed by atoms with Gasteiger partial charge in [0.2, 0.25) is 11.8 Å². The molecule has 0 spiro atoms. The molecule has 0 aromatic rings. The standard InChI is InChI=1S/C24H40N2O12/c1-15(29)25-21-23(37-18(4)32)22(36-17(3)31)19(14-35-16(2)30)38-24(21)34-13-7-5-6-8-20(33)26(9-11-27)10-12-28/h19,21-24,27-28H,5-14H2,1-4H3,(H,25,29)/t19?,21-,22-,23?,24+/m0/s1. The van der Waals surface area contributed by atoms with Gasteiger partial charge in [0.1, 0.15) is 18.8 Å². The van der Waals surface area contributed by atoms with Crippen molar-refractivity contribution in [2.45, 2.75) is 84.0 Å². The molecule has 1 saturated heterocycles. The fraction of sp³-hybridized carbons (Fsp3) is 0.792. The Morgan fingerprint density at radius 2 is 1.45 bits per heavy atom. The third kappa shape index (κ3) is 12.2. The summed E-state index contributed by atoms with van der Waals surface area (Å²) >= 11 is 0. The lowest BCUT2D eigenvalue weighted by atomic mass is 9.96. The predicted octanol–water partition coefficient (Wildman–Crippen LogP) is -0.967. The van der Waals surface area contributed by atoms with Gasteiger partial charge in [-0.3, -0.25) is 24.0 Å². The molecule has 0 bridgehead atoms. The molecule has 2 amide bonds. The number of hydrogen-bond donors (Lipinski definition) is 3. The molecule has 5 atom stereocenters. The molecule has 0 aromatic heterocycles. The van der Waals surface area contributed by atoms with E-state index in [-0.39, 0.29) is 51.8 Å². The summed E-state index contributed by atoms with van der Waals surface area (Å²) < 4.78 is 27.6. The van der Waals surface area contributed by atoms with Crippen LogP contribution in [0.15, 0.2) is 0 Å².